The van der Waals surface area contributed by atoms with Gasteiger partial charge < -0.3 is 10.4 Å². The van der Waals surface area contributed by atoms with Crippen molar-refractivity contribution in [3.8, 4) is 6.07 Å². The summed E-state index contributed by atoms with van der Waals surface area (Å²) in [6.45, 7) is 2.69. The molecule has 2 atom stereocenters. The van der Waals surface area contributed by atoms with Crippen LogP contribution in [0.1, 0.15) is 36.9 Å². The maximum atomic E-state index is 9.63. The van der Waals surface area contributed by atoms with Gasteiger partial charge in [0, 0.05) is 12.2 Å². The first-order valence-corrected chi connectivity index (χ1v) is 6.48. The fourth-order valence-corrected chi connectivity index (χ4v) is 2.47. The predicted molar refractivity (Wildman–Crippen MR) is 70.1 cm³/mol. The molecule has 1 aliphatic carbocycles. The van der Waals surface area contributed by atoms with Crippen LogP contribution in [0.25, 0.3) is 0 Å². The average molecular weight is 245 g/mol. The van der Waals surface area contributed by atoms with Gasteiger partial charge >= 0.3 is 0 Å². The molecule has 0 saturated heterocycles. The molecule has 96 valence electrons. The monoisotopic (exact) mass is 245 g/mol. The summed E-state index contributed by atoms with van der Waals surface area (Å²) in [5.74, 6) is 1.14. The third kappa shape index (κ3) is 3.21. The summed E-state index contributed by atoms with van der Waals surface area (Å²) in [6.07, 6.45) is 3.83. The van der Waals surface area contributed by atoms with Crippen molar-refractivity contribution in [2.75, 3.05) is 11.9 Å². The number of hydrogen-bond acceptors (Lipinski definition) is 4. The van der Waals surface area contributed by atoms with E-state index >= 15 is 0 Å². The lowest BCUT2D eigenvalue weighted by Gasteiger charge is -2.26. The van der Waals surface area contributed by atoms with E-state index in [0.29, 0.717) is 17.3 Å². The number of nitriles is 1. The first-order chi connectivity index (χ1) is 8.69. The van der Waals surface area contributed by atoms with Crippen molar-refractivity contribution in [1.82, 2.24) is 4.98 Å². The summed E-state index contributed by atoms with van der Waals surface area (Å²) in [6, 6.07) is 5.78. The number of aryl methyl sites for hydroxylation is 1. The van der Waals surface area contributed by atoms with Gasteiger partial charge in [-0.15, -0.1) is 0 Å². The molecule has 0 spiro atoms. The summed E-state index contributed by atoms with van der Waals surface area (Å²) in [7, 11) is 0. The van der Waals surface area contributed by atoms with Gasteiger partial charge in [-0.05, 0) is 44.2 Å². The number of aliphatic hydroxyl groups is 1. The van der Waals surface area contributed by atoms with Crippen LogP contribution >= 0.6 is 0 Å². The van der Waals surface area contributed by atoms with Gasteiger partial charge in [-0.2, -0.15) is 5.26 Å². The van der Waals surface area contributed by atoms with E-state index in [1.54, 1.807) is 6.07 Å². The van der Waals surface area contributed by atoms with Crippen LogP contribution in [0.4, 0.5) is 5.82 Å². The van der Waals surface area contributed by atoms with E-state index in [2.05, 4.69) is 16.4 Å². The number of anilines is 1. The van der Waals surface area contributed by atoms with Crippen LogP contribution in [-0.4, -0.2) is 22.7 Å². The van der Waals surface area contributed by atoms with E-state index in [0.717, 1.165) is 37.9 Å². The fraction of sp³-hybridized carbons (Fsp3) is 0.571. The summed E-state index contributed by atoms with van der Waals surface area (Å²) >= 11 is 0. The Kier molecular flexibility index (Phi) is 4.16. The fourth-order valence-electron chi connectivity index (χ4n) is 2.47. The number of pyridine rings is 1. The molecule has 4 heteroatoms. The van der Waals surface area contributed by atoms with E-state index in [-0.39, 0.29) is 6.10 Å². The normalized spacial score (nSPS) is 23.4. The minimum absolute atomic E-state index is 0.161. The highest BCUT2D eigenvalue weighted by atomic mass is 16.3. The Bertz CT molecular complexity index is 453. The van der Waals surface area contributed by atoms with Crippen LogP contribution in [0.3, 0.4) is 0 Å². The lowest BCUT2D eigenvalue weighted by atomic mass is 9.87. The largest absolute Gasteiger partial charge is 0.393 e. The topological polar surface area (TPSA) is 68.9 Å². The van der Waals surface area contributed by atoms with Gasteiger partial charge in [0.25, 0.3) is 0 Å². The molecule has 1 aromatic heterocycles. The third-order valence-electron chi connectivity index (χ3n) is 3.47. The van der Waals surface area contributed by atoms with E-state index in [4.69, 9.17) is 5.26 Å². The molecule has 1 fully saturated rings. The SMILES string of the molecule is Cc1ccc(C#N)c(NCC2CCCC(O)C2)n1. The van der Waals surface area contributed by atoms with Crippen molar-refractivity contribution >= 4 is 5.82 Å². The van der Waals surface area contributed by atoms with Crippen LogP contribution in [0.5, 0.6) is 0 Å². The number of aromatic nitrogens is 1. The van der Waals surface area contributed by atoms with Gasteiger partial charge in [0.2, 0.25) is 0 Å². The summed E-state index contributed by atoms with van der Waals surface area (Å²) < 4.78 is 0. The minimum Gasteiger partial charge on any atom is -0.393 e. The number of nitrogens with zero attached hydrogens (tertiary/aromatic N) is 2. The van der Waals surface area contributed by atoms with Gasteiger partial charge in [0.1, 0.15) is 11.9 Å². The van der Waals surface area contributed by atoms with Crippen molar-refractivity contribution in [2.45, 2.75) is 38.7 Å². The van der Waals surface area contributed by atoms with Gasteiger partial charge in [0.05, 0.1) is 11.7 Å². The lowest BCUT2D eigenvalue weighted by Crippen LogP contribution is -2.25. The molecule has 4 nitrogen and oxygen atoms in total. The maximum absolute atomic E-state index is 9.63. The van der Waals surface area contributed by atoms with Crippen LogP contribution in [0.2, 0.25) is 0 Å². The standard InChI is InChI=1S/C14H19N3O/c1-10-5-6-12(8-15)14(17-10)16-9-11-3-2-4-13(18)7-11/h5-6,11,13,18H,2-4,7,9H2,1H3,(H,16,17). The highest BCUT2D eigenvalue weighted by molar-refractivity contribution is 5.52. The molecule has 18 heavy (non-hydrogen) atoms. The van der Waals surface area contributed by atoms with Crippen molar-refractivity contribution < 1.29 is 5.11 Å². The predicted octanol–water partition coefficient (Wildman–Crippen LogP) is 2.22. The molecule has 2 rings (SSSR count). The number of nitrogens with one attached hydrogen (secondary N) is 1. The quantitative estimate of drug-likeness (QED) is 0.856. The zero-order valence-electron chi connectivity index (χ0n) is 10.7. The summed E-state index contributed by atoms with van der Waals surface area (Å²) in [5.41, 5.74) is 1.48. The van der Waals surface area contributed by atoms with E-state index in [9.17, 15) is 5.11 Å². The summed E-state index contributed by atoms with van der Waals surface area (Å²) in [5, 5.41) is 21.9. The molecule has 1 aliphatic rings. The second kappa shape index (κ2) is 5.83. The second-order valence-electron chi connectivity index (χ2n) is 5.03. The molecule has 0 aromatic carbocycles. The number of hydrogen-bond donors (Lipinski definition) is 2. The van der Waals surface area contributed by atoms with Crippen LogP contribution in [0, 0.1) is 24.2 Å². The molecule has 2 N–H and O–H groups in total. The van der Waals surface area contributed by atoms with Gasteiger partial charge in [-0.1, -0.05) is 6.42 Å². The molecular formula is C14H19N3O. The Labute approximate surface area is 108 Å². The first kappa shape index (κ1) is 12.8. The second-order valence-corrected chi connectivity index (χ2v) is 5.03. The Morgan fingerprint density at radius 3 is 3.06 bits per heavy atom. The maximum Gasteiger partial charge on any atom is 0.144 e. The van der Waals surface area contributed by atoms with Crippen molar-refractivity contribution in [3.05, 3.63) is 23.4 Å². The van der Waals surface area contributed by atoms with Crippen LogP contribution < -0.4 is 5.32 Å². The molecule has 0 aliphatic heterocycles. The molecule has 0 bridgehead atoms. The van der Waals surface area contributed by atoms with Crippen molar-refractivity contribution in [2.24, 2.45) is 5.92 Å². The summed E-state index contributed by atoms with van der Waals surface area (Å²) in [4.78, 5) is 4.35. The zero-order chi connectivity index (χ0) is 13.0. The molecule has 1 aromatic rings. The molecule has 0 amide bonds. The van der Waals surface area contributed by atoms with E-state index in [1.165, 1.54) is 0 Å². The Hall–Kier alpha value is -1.60. The highest BCUT2D eigenvalue weighted by Gasteiger charge is 2.20. The number of aliphatic hydroxyl groups excluding tert-OH is 1. The molecule has 1 heterocycles. The van der Waals surface area contributed by atoms with Gasteiger partial charge in [0.15, 0.2) is 0 Å². The lowest BCUT2D eigenvalue weighted by molar-refractivity contribution is 0.104. The first-order valence-electron chi connectivity index (χ1n) is 6.48. The molecular weight excluding hydrogens is 226 g/mol. The van der Waals surface area contributed by atoms with Gasteiger partial charge in [-0.3, -0.25) is 0 Å². The molecule has 0 radical (unpaired) electrons. The smallest absolute Gasteiger partial charge is 0.144 e. The van der Waals surface area contributed by atoms with E-state index < -0.39 is 0 Å². The third-order valence-corrected chi connectivity index (χ3v) is 3.47. The zero-order valence-corrected chi connectivity index (χ0v) is 10.7. The van der Waals surface area contributed by atoms with Crippen molar-refractivity contribution in [1.29, 1.82) is 5.26 Å². The van der Waals surface area contributed by atoms with E-state index in [1.807, 2.05) is 13.0 Å². The highest BCUT2D eigenvalue weighted by Crippen LogP contribution is 2.24. The van der Waals surface area contributed by atoms with Crippen LogP contribution in [-0.2, 0) is 0 Å². The average Bonchev–Trinajstić information content (AvgIpc) is 2.37. The number of rotatable bonds is 3. The van der Waals surface area contributed by atoms with Gasteiger partial charge in [-0.25, -0.2) is 4.98 Å². The van der Waals surface area contributed by atoms with Crippen molar-refractivity contribution in [3.63, 3.8) is 0 Å². The van der Waals surface area contributed by atoms with Crippen LogP contribution in [0.15, 0.2) is 12.1 Å². The molecule has 2 unspecified atom stereocenters. The Morgan fingerprint density at radius 2 is 2.33 bits per heavy atom. The Morgan fingerprint density at radius 1 is 1.50 bits per heavy atom. The minimum atomic E-state index is -0.161. The Balaban J connectivity index is 1.97. The molecule has 1 saturated carbocycles.